The van der Waals surface area contributed by atoms with E-state index >= 15 is 0 Å². The van der Waals surface area contributed by atoms with Gasteiger partial charge in [0.05, 0.1) is 21.2 Å². The third-order valence-electron chi connectivity index (χ3n) is 12.9. The van der Waals surface area contributed by atoms with Crippen LogP contribution in [-0.2, 0) is 49.1 Å². The maximum atomic E-state index is 12.0. The minimum Gasteiger partial charge on any atom is -0.488 e. The number of carbonyl (C=O) groups is 2. The van der Waals surface area contributed by atoms with Crippen molar-refractivity contribution in [3.8, 4) is 46.3 Å². The second kappa shape index (κ2) is 22.5. The molecule has 4 heterocycles. The zero-order chi connectivity index (χ0) is 49.3. The number of halogens is 2. The fraction of sp³-hybridized carbons (Fsp3) is 0.296. The minimum atomic E-state index is -0.867. The maximum absolute atomic E-state index is 12.0. The number of likely N-dealkylation sites (tertiary alicyclic amines) is 2. The second-order valence-electron chi connectivity index (χ2n) is 17.4. The first-order valence-corrected chi connectivity index (χ1v) is 23.6. The summed E-state index contributed by atoms with van der Waals surface area (Å²) >= 11 is 13.8. The zero-order valence-corrected chi connectivity index (χ0v) is 40.2. The number of carboxylic acids is 2. The molecular formula is C54H50Cl2N6O8. The van der Waals surface area contributed by atoms with Crippen LogP contribution in [0.25, 0.3) is 11.1 Å². The van der Waals surface area contributed by atoms with Crippen LogP contribution in [0.15, 0.2) is 97.6 Å². The number of aromatic nitrogens is 2. The van der Waals surface area contributed by atoms with Gasteiger partial charge in [-0.15, -0.1) is 0 Å². The van der Waals surface area contributed by atoms with E-state index in [1.807, 2.05) is 47.9 Å². The van der Waals surface area contributed by atoms with Gasteiger partial charge in [0.1, 0.15) is 73.6 Å². The number of nitrogens with zero attached hydrogens (tertiary/aromatic N) is 6. The third-order valence-corrected chi connectivity index (χ3v) is 13.5. The first kappa shape index (κ1) is 49.2. The van der Waals surface area contributed by atoms with E-state index in [1.54, 1.807) is 48.8 Å². The molecule has 2 aliphatic heterocycles. The number of carboxylic acid groups (broad SMARTS) is 2. The topological polar surface area (TPSA) is 191 Å². The summed E-state index contributed by atoms with van der Waals surface area (Å²) in [7, 11) is 0. The van der Waals surface area contributed by atoms with Gasteiger partial charge in [0.25, 0.3) is 0 Å². The standard InChI is InChI=1S/C54H50Cl2N6O8/c1-33-39(31-69-51-19-49(67-29-37-15-35(21-57)23-59-25-37)41(17-45(51)55)27-61-13-5-11-47(61)53(63)64)7-3-9-43(33)44-10-4-8-40(34(44)2)32-70-52-20-50(68-30-38-16-36(22-58)24-60-26-38)42(18-46(52)56)28-62-14-6-12-48(62)54(65)66/h3-4,7-10,15-20,23-26,47-48H,5-6,11-14,27-32H2,1-2H3,(H,63,64)(H,65,66)/t47-,48-/m0/s1. The number of hydrogen-bond donors (Lipinski definition) is 2. The lowest BCUT2D eigenvalue weighted by atomic mass is 9.92. The van der Waals surface area contributed by atoms with Crippen molar-refractivity contribution in [3.05, 3.63) is 163 Å². The average molecular weight is 982 g/mol. The van der Waals surface area contributed by atoms with Crippen molar-refractivity contribution >= 4 is 35.1 Å². The molecule has 2 N–H and O–H groups in total. The van der Waals surface area contributed by atoms with Gasteiger partial charge in [-0.3, -0.25) is 29.4 Å². The molecule has 16 heteroatoms. The van der Waals surface area contributed by atoms with Gasteiger partial charge in [0.2, 0.25) is 0 Å². The molecule has 358 valence electrons. The molecule has 0 amide bonds. The maximum Gasteiger partial charge on any atom is 0.320 e. The van der Waals surface area contributed by atoms with Crippen LogP contribution >= 0.6 is 23.2 Å². The Hall–Kier alpha value is -7.20. The van der Waals surface area contributed by atoms with E-state index in [2.05, 4.69) is 34.2 Å². The van der Waals surface area contributed by atoms with E-state index in [4.69, 9.17) is 42.1 Å². The van der Waals surface area contributed by atoms with Crippen molar-refractivity contribution in [2.45, 2.75) is 91.1 Å². The van der Waals surface area contributed by atoms with Crippen LogP contribution in [0.2, 0.25) is 10.0 Å². The van der Waals surface area contributed by atoms with E-state index < -0.39 is 24.0 Å². The van der Waals surface area contributed by atoms with Gasteiger partial charge in [0, 0.05) is 72.3 Å². The Balaban J connectivity index is 1.00. The number of nitriles is 2. The Labute approximate surface area is 416 Å². The van der Waals surface area contributed by atoms with E-state index in [9.17, 15) is 30.3 Å². The van der Waals surface area contributed by atoms with E-state index in [1.165, 1.54) is 12.4 Å². The van der Waals surface area contributed by atoms with Gasteiger partial charge in [-0.1, -0.05) is 59.6 Å². The quantitative estimate of drug-likeness (QED) is 0.0779. The summed E-state index contributed by atoms with van der Waals surface area (Å²) in [5.41, 5.74) is 9.52. The summed E-state index contributed by atoms with van der Waals surface area (Å²) in [5, 5.41) is 39.2. The van der Waals surface area contributed by atoms with Crippen molar-refractivity contribution in [2.24, 2.45) is 0 Å². The predicted octanol–water partition coefficient (Wildman–Crippen LogP) is 10.2. The molecule has 0 aliphatic carbocycles. The SMILES string of the molecule is Cc1c(COc2cc(OCc3cncc(C#N)c3)c(CN3CCC[C@H]3C(=O)O)cc2Cl)cccc1-c1cccc(COc2cc(OCc3cncc(C#N)c3)c(CN3CCC[C@H]3C(=O)O)cc2Cl)c1C. The van der Waals surface area contributed by atoms with Gasteiger partial charge < -0.3 is 29.2 Å². The molecule has 2 aromatic heterocycles. The van der Waals surface area contributed by atoms with E-state index in [-0.39, 0.29) is 26.4 Å². The molecule has 4 aromatic carbocycles. The van der Waals surface area contributed by atoms with Crippen molar-refractivity contribution in [1.82, 2.24) is 19.8 Å². The van der Waals surface area contributed by atoms with Crippen LogP contribution in [0, 0.1) is 36.5 Å². The highest BCUT2D eigenvalue weighted by Gasteiger charge is 2.33. The predicted molar refractivity (Wildman–Crippen MR) is 262 cm³/mol. The highest BCUT2D eigenvalue weighted by atomic mass is 35.5. The lowest BCUT2D eigenvalue weighted by molar-refractivity contribution is -0.143. The summed E-state index contributed by atoms with van der Waals surface area (Å²) < 4.78 is 25.5. The molecule has 0 radical (unpaired) electrons. The molecule has 6 aromatic rings. The first-order valence-electron chi connectivity index (χ1n) is 22.8. The molecule has 0 spiro atoms. The zero-order valence-electron chi connectivity index (χ0n) is 38.7. The Kier molecular flexibility index (Phi) is 15.8. The molecule has 70 heavy (non-hydrogen) atoms. The Morgan fingerprint density at radius 2 is 1.01 bits per heavy atom. The van der Waals surface area contributed by atoms with E-state index in [0.29, 0.717) is 105 Å². The smallest absolute Gasteiger partial charge is 0.320 e. The largest absolute Gasteiger partial charge is 0.488 e. The van der Waals surface area contributed by atoms with Gasteiger partial charge in [0.15, 0.2) is 0 Å². The second-order valence-corrected chi connectivity index (χ2v) is 18.3. The molecule has 0 saturated carbocycles. The van der Waals surface area contributed by atoms with E-state index in [0.717, 1.165) is 46.2 Å². The molecule has 2 saturated heterocycles. The summed E-state index contributed by atoms with van der Waals surface area (Å²) in [6.07, 6.45) is 8.88. The van der Waals surface area contributed by atoms with Crippen LogP contribution in [0.4, 0.5) is 0 Å². The number of rotatable bonds is 19. The molecule has 2 fully saturated rings. The van der Waals surface area contributed by atoms with Crippen LogP contribution in [0.5, 0.6) is 23.0 Å². The summed E-state index contributed by atoms with van der Waals surface area (Å²) in [6.45, 7) is 6.59. The summed E-state index contributed by atoms with van der Waals surface area (Å²) in [5.74, 6) is 0.0191. The number of pyridine rings is 2. The highest BCUT2D eigenvalue weighted by molar-refractivity contribution is 6.32. The molecule has 0 unspecified atom stereocenters. The summed E-state index contributed by atoms with van der Waals surface area (Å²) in [4.78, 5) is 36.2. The fourth-order valence-corrected chi connectivity index (χ4v) is 9.55. The highest BCUT2D eigenvalue weighted by Crippen LogP contribution is 2.39. The first-order chi connectivity index (χ1) is 33.9. The molecule has 2 aliphatic rings. The molecule has 0 bridgehead atoms. The van der Waals surface area contributed by atoms with Crippen molar-refractivity contribution in [3.63, 3.8) is 0 Å². The minimum absolute atomic E-state index is 0.117. The van der Waals surface area contributed by atoms with Crippen LogP contribution in [-0.4, -0.2) is 67.1 Å². The van der Waals surface area contributed by atoms with Crippen molar-refractivity contribution in [1.29, 1.82) is 10.5 Å². The van der Waals surface area contributed by atoms with Gasteiger partial charge in [-0.25, -0.2) is 0 Å². The number of benzene rings is 4. The Morgan fingerprint density at radius 1 is 0.600 bits per heavy atom. The molecule has 14 nitrogen and oxygen atoms in total. The van der Waals surface area contributed by atoms with Gasteiger partial charge >= 0.3 is 11.9 Å². The monoisotopic (exact) mass is 980 g/mol. The van der Waals surface area contributed by atoms with Crippen LogP contribution < -0.4 is 18.9 Å². The number of ether oxygens (including phenoxy) is 4. The fourth-order valence-electron chi connectivity index (χ4n) is 9.07. The Bertz CT molecular complexity index is 2810. The van der Waals surface area contributed by atoms with Gasteiger partial charge in [-0.2, -0.15) is 10.5 Å². The van der Waals surface area contributed by atoms with Gasteiger partial charge in [-0.05, 0) is 110 Å². The third kappa shape index (κ3) is 11.6. The van der Waals surface area contributed by atoms with Crippen LogP contribution in [0.1, 0.15) is 81.3 Å². The average Bonchev–Trinajstić information content (AvgIpc) is 4.04. The Morgan fingerprint density at radius 3 is 1.41 bits per heavy atom. The lowest BCUT2D eigenvalue weighted by Crippen LogP contribution is -2.35. The van der Waals surface area contributed by atoms with Crippen molar-refractivity contribution < 1.29 is 38.7 Å². The summed E-state index contributed by atoms with van der Waals surface area (Å²) in [6, 6.07) is 25.5. The number of hydrogen-bond acceptors (Lipinski definition) is 12. The normalized spacial score (nSPS) is 15.8. The number of aliphatic carboxylic acids is 2. The van der Waals surface area contributed by atoms with Crippen LogP contribution in [0.3, 0.4) is 0 Å². The van der Waals surface area contributed by atoms with Crippen molar-refractivity contribution in [2.75, 3.05) is 13.1 Å². The molecule has 8 rings (SSSR count). The molecular weight excluding hydrogens is 932 g/mol. The lowest BCUT2D eigenvalue weighted by Gasteiger charge is -2.23. The molecule has 2 atom stereocenters.